The maximum atomic E-state index is 13.1. The van der Waals surface area contributed by atoms with E-state index in [2.05, 4.69) is 5.32 Å². The summed E-state index contributed by atoms with van der Waals surface area (Å²) < 4.78 is 29.6. The highest BCUT2D eigenvalue weighted by atomic mass is 35.5. The van der Waals surface area contributed by atoms with E-state index < -0.39 is 5.82 Å². The monoisotopic (exact) mass is 393 g/mol. The number of ether oxygens (including phenoxy) is 3. The first kappa shape index (κ1) is 19.3. The molecule has 1 N–H and O–H groups in total. The Kier molecular flexibility index (Phi) is 6.06. The average molecular weight is 394 g/mol. The third kappa shape index (κ3) is 4.83. The number of hydrogen-bond acceptors (Lipinski definition) is 4. The van der Waals surface area contributed by atoms with E-state index in [1.165, 1.54) is 12.1 Å². The maximum Gasteiger partial charge on any atom is 0.258 e. The number of nitrogens with one attached hydrogen (secondary N) is 1. The molecular formula is C20H21ClFNO4. The first-order valence-corrected chi connectivity index (χ1v) is 9.08. The quantitative estimate of drug-likeness (QED) is 0.801. The van der Waals surface area contributed by atoms with E-state index in [9.17, 15) is 9.18 Å². The molecule has 0 saturated heterocycles. The van der Waals surface area contributed by atoms with Crippen molar-refractivity contribution in [2.75, 3.05) is 19.8 Å². The summed E-state index contributed by atoms with van der Waals surface area (Å²) in [5.74, 6) is 1.01. The predicted molar refractivity (Wildman–Crippen MR) is 100 cm³/mol. The molecule has 1 atom stereocenters. The van der Waals surface area contributed by atoms with Crippen LogP contribution in [0.15, 0.2) is 36.4 Å². The molecule has 1 aliphatic heterocycles. The van der Waals surface area contributed by atoms with Crippen molar-refractivity contribution in [1.82, 2.24) is 5.32 Å². The molecule has 1 aliphatic rings. The Labute approximate surface area is 162 Å². The van der Waals surface area contributed by atoms with Crippen molar-refractivity contribution in [2.24, 2.45) is 5.92 Å². The molecule has 27 heavy (non-hydrogen) atoms. The van der Waals surface area contributed by atoms with Gasteiger partial charge in [-0.1, -0.05) is 31.5 Å². The zero-order valence-electron chi connectivity index (χ0n) is 15.1. The van der Waals surface area contributed by atoms with E-state index in [0.29, 0.717) is 24.7 Å². The lowest BCUT2D eigenvalue weighted by Crippen LogP contribution is -2.35. The van der Waals surface area contributed by atoms with Gasteiger partial charge in [0.05, 0.1) is 11.1 Å². The molecule has 0 bridgehead atoms. The van der Waals surface area contributed by atoms with E-state index in [0.717, 1.165) is 11.6 Å². The lowest BCUT2D eigenvalue weighted by Gasteiger charge is -2.25. The highest BCUT2D eigenvalue weighted by Crippen LogP contribution is 2.34. The summed E-state index contributed by atoms with van der Waals surface area (Å²) in [5.41, 5.74) is 0.919. The van der Waals surface area contributed by atoms with Gasteiger partial charge in [0.1, 0.15) is 24.8 Å². The van der Waals surface area contributed by atoms with Crippen molar-refractivity contribution in [1.29, 1.82) is 0 Å². The molecule has 144 valence electrons. The molecule has 0 saturated carbocycles. The van der Waals surface area contributed by atoms with Crippen molar-refractivity contribution in [3.8, 4) is 17.2 Å². The van der Waals surface area contributed by atoms with Gasteiger partial charge in [-0.25, -0.2) is 4.39 Å². The third-order valence-electron chi connectivity index (χ3n) is 4.16. The van der Waals surface area contributed by atoms with Crippen molar-refractivity contribution in [3.63, 3.8) is 0 Å². The van der Waals surface area contributed by atoms with Crippen LogP contribution < -0.4 is 19.5 Å². The minimum atomic E-state index is -0.463. The normalized spacial score (nSPS) is 14.0. The van der Waals surface area contributed by atoms with E-state index in [4.69, 9.17) is 25.8 Å². The fourth-order valence-corrected chi connectivity index (χ4v) is 3.06. The summed E-state index contributed by atoms with van der Waals surface area (Å²) >= 11 is 5.91. The highest BCUT2D eigenvalue weighted by Gasteiger charge is 2.21. The first-order valence-electron chi connectivity index (χ1n) is 8.71. The van der Waals surface area contributed by atoms with Crippen molar-refractivity contribution in [3.05, 3.63) is 52.8 Å². The highest BCUT2D eigenvalue weighted by molar-refractivity contribution is 6.32. The van der Waals surface area contributed by atoms with E-state index in [-0.39, 0.29) is 35.2 Å². The van der Waals surface area contributed by atoms with Crippen molar-refractivity contribution in [2.45, 2.75) is 19.9 Å². The van der Waals surface area contributed by atoms with Gasteiger partial charge in [-0.05, 0) is 41.8 Å². The second kappa shape index (κ2) is 8.48. The zero-order chi connectivity index (χ0) is 19.4. The summed E-state index contributed by atoms with van der Waals surface area (Å²) in [7, 11) is 0. The molecule has 0 fully saturated rings. The summed E-state index contributed by atoms with van der Waals surface area (Å²) in [6, 6.07) is 9.19. The summed E-state index contributed by atoms with van der Waals surface area (Å²) in [6.45, 7) is 4.83. The number of halogens is 2. The molecule has 5 nitrogen and oxygen atoms in total. The molecule has 0 aliphatic carbocycles. The summed E-state index contributed by atoms with van der Waals surface area (Å²) in [5, 5.41) is 3.08. The minimum Gasteiger partial charge on any atom is -0.486 e. The van der Waals surface area contributed by atoms with E-state index in [1.54, 1.807) is 0 Å². The third-order valence-corrected chi connectivity index (χ3v) is 4.46. The van der Waals surface area contributed by atoms with Crippen LogP contribution in [0.25, 0.3) is 0 Å². The predicted octanol–water partition coefficient (Wildman–Crippen LogP) is 4.14. The molecule has 7 heteroatoms. The van der Waals surface area contributed by atoms with E-state index >= 15 is 0 Å². The Balaban J connectivity index is 1.66. The number of fused-ring (bicyclic) bond motifs is 1. The van der Waals surface area contributed by atoms with Gasteiger partial charge in [0, 0.05) is 0 Å². The van der Waals surface area contributed by atoms with Gasteiger partial charge in [0.15, 0.2) is 18.1 Å². The molecule has 2 aromatic carbocycles. The number of carbonyl (C=O) groups excluding carboxylic acids is 1. The second-order valence-electron chi connectivity index (χ2n) is 6.56. The molecule has 0 aromatic heterocycles. The van der Waals surface area contributed by atoms with Crippen LogP contribution in [-0.2, 0) is 4.79 Å². The zero-order valence-corrected chi connectivity index (χ0v) is 15.9. The van der Waals surface area contributed by atoms with Gasteiger partial charge in [0.2, 0.25) is 0 Å². The van der Waals surface area contributed by atoms with Gasteiger partial charge in [-0.2, -0.15) is 0 Å². The molecular weight excluding hydrogens is 373 g/mol. The van der Waals surface area contributed by atoms with Gasteiger partial charge in [-0.3, -0.25) is 4.79 Å². The van der Waals surface area contributed by atoms with Crippen LogP contribution in [0.1, 0.15) is 25.5 Å². The number of benzene rings is 2. The van der Waals surface area contributed by atoms with Crippen LogP contribution in [0.2, 0.25) is 5.02 Å². The van der Waals surface area contributed by atoms with Gasteiger partial charge in [-0.15, -0.1) is 0 Å². The van der Waals surface area contributed by atoms with Crippen LogP contribution in [0.5, 0.6) is 17.2 Å². The van der Waals surface area contributed by atoms with E-state index in [1.807, 2.05) is 32.0 Å². The first-order chi connectivity index (χ1) is 12.9. The van der Waals surface area contributed by atoms with Crippen LogP contribution >= 0.6 is 11.6 Å². The molecule has 0 unspecified atom stereocenters. The number of carbonyl (C=O) groups is 1. The van der Waals surface area contributed by atoms with Gasteiger partial charge in [0.25, 0.3) is 5.91 Å². The lowest BCUT2D eigenvalue weighted by atomic mass is 9.95. The van der Waals surface area contributed by atoms with Gasteiger partial charge < -0.3 is 19.5 Å². The van der Waals surface area contributed by atoms with Gasteiger partial charge >= 0.3 is 0 Å². The average Bonchev–Trinajstić information content (AvgIpc) is 2.65. The molecule has 1 heterocycles. The van der Waals surface area contributed by atoms with Crippen LogP contribution in [0, 0.1) is 11.7 Å². The Morgan fingerprint density at radius 3 is 2.63 bits per heavy atom. The summed E-state index contributed by atoms with van der Waals surface area (Å²) in [6.07, 6.45) is 0. The molecule has 0 radical (unpaired) electrons. The van der Waals surface area contributed by atoms with Crippen LogP contribution in [0.4, 0.5) is 4.39 Å². The van der Waals surface area contributed by atoms with Crippen molar-refractivity contribution >= 4 is 17.5 Å². The summed E-state index contributed by atoms with van der Waals surface area (Å²) in [4.78, 5) is 12.4. The fraction of sp³-hybridized carbons (Fsp3) is 0.350. The molecule has 1 amide bonds. The Morgan fingerprint density at radius 1 is 1.19 bits per heavy atom. The minimum absolute atomic E-state index is 0.120. The molecule has 2 aromatic rings. The Bertz CT molecular complexity index is 828. The number of amides is 1. The Hall–Kier alpha value is -2.47. The fourth-order valence-electron chi connectivity index (χ4n) is 2.84. The standard InChI is InChI=1S/C20H21ClFNO4/c1-12(2)20(13-3-5-17-18(9-13)26-8-7-25-17)23-19(24)11-27-16-6-4-14(22)10-15(16)21/h3-6,9-10,12,20H,7-8,11H2,1-2H3,(H,23,24)/t20-/m0/s1. The Morgan fingerprint density at radius 2 is 1.93 bits per heavy atom. The molecule has 3 rings (SSSR count). The topological polar surface area (TPSA) is 56.8 Å². The molecule has 0 spiro atoms. The maximum absolute atomic E-state index is 13.1. The largest absolute Gasteiger partial charge is 0.486 e. The van der Waals surface area contributed by atoms with Crippen molar-refractivity contribution < 1.29 is 23.4 Å². The van der Waals surface area contributed by atoms with Crippen LogP contribution in [0.3, 0.4) is 0 Å². The number of rotatable bonds is 6. The SMILES string of the molecule is CC(C)[C@H](NC(=O)COc1ccc(F)cc1Cl)c1ccc2c(c1)OCCO2. The second-order valence-corrected chi connectivity index (χ2v) is 6.96. The lowest BCUT2D eigenvalue weighted by molar-refractivity contribution is -0.124. The number of hydrogen-bond donors (Lipinski definition) is 1. The van der Waals surface area contributed by atoms with Crippen LogP contribution in [-0.4, -0.2) is 25.7 Å². The smallest absolute Gasteiger partial charge is 0.258 e.